The van der Waals surface area contributed by atoms with Crippen molar-refractivity contribution in [2.24, 2.45) is 0 Å². The predicted molar refractivity (Wildman–Crippen MR) is 48.7 cm³/mol. The van der Waals surface area contributed by atoms with Crippen molar-refractivity contribution in [1.82, 2.24) is 0 Å². The highest BCUT2D eigenvalue weighted by atomic mass is 35.5. The fourth-order valence-electron chi connectivity index (χ4n) is 0.612. The van der Waals surface area contributed by atoms with Gasteiger partial charge in [0.05, 0.1) is 10.0 Å². The second-order valence-electron chi connectivity index (χ2n) is 1.87. The van der Waals surface area contributed by atoms with Gasteiger partial charge in [0.2, 0.25) is 0 Å². The van der Waals surface area contributed by atoms with Gasteiger partial charge in [-0.05, 0) is 18.6 Å². The molecule has 0 heterocycles. The van der Waals surface area contributed by atoms with Crippen LogP contribution in [0.1, 0.15) is 5.56 Å². The summed E-state index contributed by atoms with van der Waals surface area (Å²) in [6.45, 7) is 1.92. The first kappa shape index (κ1) is 17.6. The van der Waals surface area contributed by atoms with Crippen molar-refractivity contribution in [2.45, 2.75) is 6.92 Å². The topological polar surface area (TPSA) is 0 Å². The zero-order chi connectivity index (χ0) is 6.85. The summed E-state index contributed by atoms with van der Waals surface area (Å²) in [4.78, 5) is 0. The molecule has 0 unspecified atom stereocenters. The Morgan fingerprint density at radius 1 is 1.00 bits per heavy atom. The van der Waals surface area contributed by atoms with Crippen molar-refractivity contribution in [3.05, 3.63) is 33.8 Å². The molecule has 0 fully saturated rings. The van der Waals surface area contributed by atoms with Gasteiger partial charge in [-0.1, -0.05) is 35.3 Å². The van der Waals surface area contributed by atoms with Crippen LogP contribution in [0.3, 0.4) is 0 Å². The zero-order valence-corrected chi connectivity index (χ0v) is 7.72. The smallest absolute Gasteiger partial charge is 0.0621 e. The van der Waals surface area contributed by atoms with Crippen molar-refractivity contribution < 1.29 is 14.1 Å². The maximum absolute atomic E-state index is 5.75. The van der Waals surface area contributed by atoms with Gasteiger partial charge in [-0.25, -0.2) is 0 Å². The number of hydrogen-bond acceptors (Lipinski definition) is 0. The second-order valence-corrected chi connectivity index (χ2v) is 2.66. The standard InChI is InChI=1S/C7H6Cl2.3FH/c1-5-3-2-4-6(8)7(5)9;;;/h2-4H,1H3;3*1H. The van der Waals surface area contributed by atoms with Gasteiger partial charge in [-0.2, -0.15) is 0 Å². The lowest BCUT2D eigenvalue weighted by Crippen LogP contribution is -1.73. The molecule has 1 aromatic rings. The highest BCUT2D eigenvalue weighted by Crippen LogP contribution is 2.24. The van der Waals surface area contributed by atoms with Crippen molar-refractivity contribution >= 4 is 23.2 Å². The lowest BCUT2D eigenvalue weighted by atomic mass is 10.2. The number of aryl methyl sites for hydroxylation is 1. The van der Waals surface area contributed by atoms with Gasteiger partial charge in [0.1, 0.15) is 0 Å². The second kappa shape index (κ2) is 7.25. The van der Waals surface area contributed by atoms with Crippen LogP contribution in [0.4, 0.5) is 14.1 Å². The molecule has 72 valence electrons. The molecule has 0 saturated carbocycles. The molecule has 0 aliphatic heterocycles. The maximum atomic E-state index is 5.75. The monoisotopic (exact) mass is 220 g/mol. The normalized spacial score (nSPS) is 7.25. The Bertz CT molecular complexity index is 208. The lowest BCUT2D eigenvalue weighted by Gasteiger charge is -1.96. The van der Waals surface area contributed by atoms with E-state index in [4.69, 9.17) is 23.2 Å². The van der Waals surface area contributed by atoms with Gasteiger partial charge in [-0.15, -0.1) is 0 Å². The summed E-state index contributed by atoms with van der Waals surface area (Å²) in [6, 6.07) is 5.58. The first-order chi connectivity index (χ1) is 4.22. The molecule has 1 rings (SSSR count). The van der Waals surface area contributed by atoms with Gasteiger partial charge in [0, 0.05) is 0 Å². The quantitative estimate of drug-likeness (QED) is 0.625. The number of rotatable bonds is 0. The summed E-state index contributed by atoms with van der Waals surface area (Å²) in [6.07, 6.45) is 0. The SMILES string of the molecule is Cc1cccc(Cl)c1Cl.F.F.F. The molecule has 0 atom stereocenters. The first-order valence-electron chi connectivity index (χ1n) is 2.62. The van der Waals surface area contributed by atoms with Crippen molar-refractivity contribution in [3.8, 4) is 0 Å². The molecule has 0 spiro atoms. The van der Waals surface area contributed by atoms with Crippen LogP contribution in [-0.2, 0) is 0 Å². The van der Waals surface area contributed by atoms with Gasteiger partial charge in [-0.3, -0.25) is 14.1 Å². The van der Waals surface area contributed by atoms with Crippen LogP contribution in [-0.4, -0.2) is 0 Å². The van der Waals surface area contributed by atoms with Crippen molar-refractivity contribution in [2.75, 3.05) is 0 Å². The van der Waals surface area contributed by atoms with Crippen LogP contribution in [0, 0.1) is 6.92 Å². The van der Waals surface area contributed by atoms with Crippen LogP contribution < -0.4 is 0 Å². The molecular formula is C7H9Cl2F3. The van der Waals surface area contributed by atoms with Crippen LogP contribution in [0.5, 0.6) is 0 Å². The third kappa shape index (κ3) is 3.83. The van der Waals surface area contributed by atoms with E-state index in [1.54, 1.807) is 6.07 Å². The van der Waals surface area contributed by atoms with E-state index in [-0.39, 0.29) is 14.1 Å². The Balaban J connectivity index is -0.000000270. The van der Waals surface area contributed by atoms with E-state index in [9.17, 15) is 0 Å². The highest BCUT2D eigenvalue weighted by molar-refractivity contribution is 6.42. The van der Waals surface area contributed by atoms with Gasteiger partial charge in [0.25, 0.3) is 0 Å². The Labute approximate surface area is 78.6 Å². The minimum atomic E-state index is 0. The van der Waals surface area contributed by atoms with Crippen molar-refractivity contribution in [3.63, 3.8) is 0 Å². The predicted octanol–water partition coefficient (Wildman–Crippen LogP) is 3.76. The summed E-state index contributed by atoms with van der Waals surface area (Å²) < 4.78 is 0. The molecule has 0 saturated heterocycles. The minimum absolute atomic E-state index is 0. The molecule has 0 bridgehead atoms. The van der Waals surface area contributed by atoms with E-state index < -0.39 is 0 Å². The summed E-state index contributed by atoms with van der Waals surface area (Å²) >= 11 is 11.4. The summed E-state index contributed by atoms with van der Waals surface area (Å²) in [5.41, 5.74) is 1.02. The molecule has 0 radical (unpaired) electrons. The van der Waals surface area contributed by atoms with E-state index in [0.717, 1.165) is 5.56 Å². The third-order valence-electron chi connectivity index (χ3n) is 1.14. The van der Waals surface area contributed by atoms with Crippen LogP contribution in [0.25, 0.3) is 0 Å². The lowest BCUT2D eigenvalue weighted by molar-refractivity contribution is 1.11. The van der Waals surface area contributed by atoms with E-state index in [1.165, 1.54) is 0 Å². The van der Waals surface area contributed by atoms with E-state index in [2.05, 4.69) is 0 Å². The third-order valence-corrected chi connectivity index (χ3v) is 2.06. The fourth-order valence-corrected chi connectivity index (χ4v) is 0.959. The van der Waals surface area contributed by atoms with E-state index in [0.29, 0.717) is 10.0 Å². The van der Waals surface area contributed by atoms with Crippen LogP contribution in [0.15, 0.2) is 18.2 Å². The van der Waals surface area contributed by atoms with E-state index in [1.807, 2.05) is 19.1 Å². The summed E-state index contributed by atoms with van der Waals surface area (Å²) in [5, 5.41) is 1.27. The molecule has 1 aromatic carbocycles. The molecule has 0 aliphatic carbocycles. The van der Waals surface area contributed by atoms with E-state index >= 15 is 0 Å². The zero-order valence-electron chi connectivity index (χ0n) is 6.21. The number of hydrogen-bond donors (Lipinski definition) is 0. The maximum Gasteiger partial charge on any atom is 0.0621 e. The molecule has 12 heavy (non-hydrogen) atoms. The molecule has 5 heteroatoms. The Morgan fingerprint density at radius 3 is 1.83 bits per heavy atom. The Hall–Kier alpha value is -0.410. The number of benzene rings is 1. The molecule has 0 nitrogen and oxygen atoms in total. The average Bonchev–Trinajstić information content (AvgIpc) is 1.83. The Morgan fingerprint density at radius 2 is 1.50 bits per heavy atom. The molecule has 0 amide bonds. The summed E-state index contributed by atoms with van der Waals surface area (Å²) in [5.74, 6) is 0. The van der Waals surface area contributed by atoms with Gasteiger partial charge < -0.3 is 0 Å². The van der Waals surface area contributed by atoms with Crippen LogP contribution >= 0.6 is 23.2 Å². The van der Waals surface area contributed by atoms with Crippen molar-refractivity contribution in [1.29, 1.82) is 0 Å². The summed E-state index contributed by atoms with van der Waals surface area (Å²) in [7, 11) is 0. The first-order valence-corrected chi connectivity index (χ1v) is 3.38. The number of halogens is 5. The molecule has 0 aromatic heterocycles. The van der Waals surface area contributed by atoms with Gasteiger partial charge >= 0.3 is 0 Å². The Kier molecular flexibility index (Phi) is 10.6. The van der Waals surface area contributed by atoms with Crippen LogP contribution in [0.2, 0.25) is 10.0 Å². The minimum Gasteiger partial charge on any atom is -0.269 e. The fraction of sp³-hybridized carbons (Fsp3) is 0.143. The largest absolute Gasteiger partial charge is 0.269 e. The molecule has 0 aliphatic rings. The van der Waals surface area contributed by atoms with Gasteiger partial charge in [0.15, 0.2) is 0 Å². The highest BCUT2D eigenvalue weighted by Gasteiger charge is 1.96. The molecule has 0 N–H and O–H groups in total. The average molecular weight is 221 g/mol. The molecular weight excluding hydrogens is 212 g/mol.